The molecular weight excluding hydrogens is 364 g/mol. The van der Waals surface area contributed by atoms with Crippen LogP contribution in [0.5, 0.6) is 0 Å². The predicted octanol–water partition coefficient (Wildman–Crippen LogP) is 3.48. The molecule has 0 aliphatic heterocycles. The Morgan fingerprint density at radius 1 is 1.25 bits per heavy atom. The lowest BCUT2D eigenvalue weighted by molar-refractivity contribution is 0.600. The van der Waals surface area contributed by atoms with Gasteiger partial charge in [-0.25, -0.2) is 8.42 Å². The third kappa shape index (κ3) is 4.47. The summed E-state index contributed by atoms with van der Waals surface area (Å²) in [6, 6.07) is 10.3. The topological polar surface area (TPSA) is 59.1 Å². The minimum Gasteiger partial charge on any atom is -0.282 e. The molecule has 1 aromatic carbocycles. The smallest absolute Gasteiger partial charge is 0.233 e. The molecule has 1 N–H and O–H groups in total. The number of sulfonamides is 1. The average molecular weight is 376 g/mol. The van der Waals surface area contributed by atoms with Crippen molar-refractivity contribution in [3.05, 3.63) is 57.8 Å². The van der Waals surface area contributed by atoms with Gasteiger partial charge in [0.25, 0.3) is 0 Å². The summed E-state index contributed by atoms with van der Waals surface area (Å²) >= 11 is 9.13. The van der Waals surface area contributed by atoms with Gasteiger partial charge in [0.15, 0.2) is 0 Å². The van der Waals surface area contributed by atoms with Crippen molar-refractivity contribution in [3.63, 3.8) is 0 Å². The summed E-state index contributed by atoms with van der Waals surface area (Å²) in [5, 5.41) is 0.468. The average Bonchev–Trinajstić information content (AvgIpc) is 2.42. The van der Waals surface area contributed by atoms with Crippen LogP contribution in [0.25, 0.3) is 0 Å². The lowest BCUT2D eigenvalue weighted by atomic mass is 10.3. The monoisotopic (exact) mass is 374 g/mol. The van der Waals surface area contributed by atoms with E-state index in [2.05, 4.69) is 25.6 Å². The molecule has 1 heterocycles. The second-order valence-electron chi connectivity index (χ2n) is 4.12. The first-order chi connectivity index (χ1) is 9.46. The lowest BCUT2D eigenvalue weighted by Gasteiger charge is -2.10. The summed E-state index contributed by atoms with van der Waals surface area (Å²) in [5.41, 5.74) is 1.17. The van der Waals surface area contributed by atoms with Crippen molar-refractivity contribution in [2.45, 2.75) is 6.42 Å². The van der Waals surface area contributed by atoms with Gasteiger partial charge >= 0.3 is 0 Å². The SMILES string of the molecule is O=S(=O)(CCc1ccccn1)Nc1cc(Cl)ccc1Br. The van der Waals surface area contributed by atoms with E-state index in [0.29, 0.717) is 21.6 Å². The zero-order chi connectivity index (χ0) is 14.6. The van der Waals surface area contributed by atoms with Crippen LogP contribution in [0, 0.1) is 0 Å². The van der Waals surface area contributed by atoms with Gasteiger partial charge in [0, 0.05) is 27.8 Å². The fourth-order valence-electron chi connectivity index (χ4n) is 1.58. The Labute approximate surface area is 131 Å². The third-order valence-corrected chi connectivity index (χ3v) is 4.75. The number of anilines is 1. The highest BCUT2D eigenvalue weighted by Gasteiger charge is 2.13. The van der Waals surface area contributed by atoms with Gasteiger partial charge in [-0.1, -0.05) is 17.7 Å². The summed E-state index contributed by atoms with van der Waals surface area (Å²) in [6.07, 6.45) is 2.00. The van der Waals surface area contributed by atoms with E-state index in [-0.39, 0.29) is 5.75 Å². The molecule has 106 valence electrons. The van der Waals surface area contributed by atoms with Gasteiger partial charge in [-0.15, -0.1) is 0 Å². The second kappa shape index (κ2) is 6.56. The van der Waals surface area contributed by atoms with Gasteiger partial charge in [-0.05, 0) is 46.3 Å². The molecule has 0 saturated carbocycles. The van der Waals surface area contributed by atoms with Crippen LogP contribution in [0.2, 0.25) is 5.02 Å². The van der Waals surface area contributed by atoms with Crippen LogP contribution < -0.4 is 4.72 Å². The van der Waals surface area contributed by atoms with E-state index in [9.17, 15) is 8.42 Å². The largest absolute Gasteiger partial charge is 0.282 e. The molecule has 0 fully saturated rings. The van der Waals surface area contributed by atoms with Crippen molar-refractivity contribution >= 4 is 43.2 Å². The van der Waals surface area contributed by atoms with Gasteiger partial charge in [0.2, 0.25) is 10.0 Å². The van der Waals surface area contributed by atoms with Crippen LogP contribution in [-0.4, -0.2) is 19.2 Å². The van der Waals surface area contributed by atoms with E-state index < -0.39 is 10.0 Å². The summed E-state index contributed by atoms with van der Waals surface area (Å²) in [4.78, 5) is 4.10. The minimum atomic E-state index is -3.45. The Hall–Kier alpha value is -1.11. The number of benzene rings is 1. The van der Waals surface area contributed by atoms with Crippen LogP contribution >= 0.6 is 27.5 Å². The van der Waals surface area contributed by atoms with Crippen molar-refractivity contribution in [3.8, 4) is 0 Å². The molecule has 0 saturated heterocycles. The maximum atomic E-state index is 12.0. The van der Waals surface area contributed by atoms with E-state index in [4.69, 9.17) is 11.6 Å². The number of halogens is 2. The third-order valence-electron chi connectivity index (χ3n) is 2.55. The number of hydrogen-bond acceptors (Lipinski definition) is 3. The Bertz CT molecular complexity index is 693. The molecule has 0 amide bonds. The molecule has 0 radical (unpaired) electrons. The summed E-state index contributed by atoms with van der Waals surface area (Å²) in [7, 11) is -3.45. The van der Waals surface area contributed by atoms with Crippen molar-refractivity contribution in [1.29, 1.82) is 0 Å². The molecule has 4 nitrogen and oxygen atoms in total. The van der Waals surface area contributed by atoms with E-state index >= 15 is 0 Å². The number of aryl methyl sites for hydroxylation is 1. The van der Waals surface area contributed by atoms with Gasteiger partial charge < -0.3 is 0 Å². The molecular formula is C13H12BrClN2O2S. The summed E-state index contributed by atoms with van der Waals surface area (Å²) in [6.45, 7) is 0. The molecule has 0 bridgehead atoms. The molecule has 0 aliphatic carbocycles. The molecule has 0 unspecified atom stereocenters. The number of hydrogen-bond donors (Lipinski definition) is 1. The van der Waals surface area contributed by atoms with E-state index in [1.165, 1.54) is 0 Å². The second-order valence-corrected chi connectivity index (χ2v) is 7.25. The quantitative estimate of drug-likeness (QED) is 0.870. The number of rotatable bonds is 5. The van der Waals surface area contributed by atoms with Crippen molar-refractivity contribution in [2.24, 2.45) is 0 Å². The zero-order valence-corrected chi connectivity index (χ0v) is 13.5. The predicted molar refractivity (Wildman–Crippen MR) is 84.5 cm³/mol. The maximum absolute atomic E-state index is 12.0. The van der Waals surface area contributed by atoms with E-state index in [1.807, 2.05) is 6.07 Å². The molecule has 2 aromatic rings. The lowest BCUT2D eigenvalue weighted by Crippen LogP contribution is -2.18. The van der Waals surface area contributed by atoms with Crippen LogP contribution in [0.1, 0.15) is 5.69 Å². The van der Waals surface area contributed by atoms with Crippen molar-refractivity contribution in [2.75, 3.05) is 10.5 Å². The summed E-state index contributed by atoms with van der Waals surface area (Å²) < 4.78 is 27.2. The highest BCUT2D eigenvalue weighted by Crippen LogP contribution is 2.26. The first-order valence-corrected chi connectivity index (χ1v) is 8.64. The zero-order valence-electron chi connectivity index (χ0n) is 10.4. The van der Waals surface area contributed by atoms with E-state index in [0.717, 1.165) is 5.69 Å². The van der Waals surface area contributed by atoms with Crippen LogP contribution in [-0.2, 0) is 16.4 Å². The first-order valence-electron chi connectivity index (χ1n) is 5.82. The Kier molecular flexibility index (Phi) is 5.01. The molecule has 0 aliphatic rings. The number of nitrogens with one attached hydrogen (secondary N) is 1. The Morgan fingerprint density at radius 2 is 2.05 bits per heavy atom. The Morgan fingerprint density at radius 3 is 2.75 bits per heavy atom. The van der Waals surface area contributed by atoms with Gasteiger partial charge in [-0.3, -0.25) is 9.71 Å². The maximum Gasteiger partial charge on any atom is 0.233 e. The van der Waals surface area contributed by atoms with Crippen molar-refractivity contribution in [1.82, 2.24) is 4.98 Å². The molecule has 20 heavy (non-hydrogen) atoms. The van der Waals surface area contributed by atoms with Gasteiger partial charge in [0.1, 0.15) is 0 Å². The number of nitrogens with zero attached hydrogens (tertiary/aromatic N) is 1. The summed E-state index contributed by atoms with van der Waals surface area (Å²) in [5.74, 6) is -0.0387. The van der Waals surface area contributed by atoms with Crippen molar-refractivity contribution < 1.29 is 8.42 Å². The van der Waals surface area contributed by atoms with Crippen LogP contribution in [0.4, 0.5) is 5.69 Å². The number of pyridine rings is 1. The van der Waals surface area contributed by atoms with Gasteiger partial charge in [-0.2, -0.15) is 0 Å². The van der Waals surface area contributed by atoms with E-state index in [1.54, 1.807) is 36.5 Å². The molecule has 1 aromatic heterocycles. The Balaban J connectivity index is 2.06. The standard InChI is InChI=1S/C13H12BrClN2O2S/c14-12-5-4-10(15)9-13(12)17-20(18,19)8-6-11-3-1-2-7-16-11/h1-5,7,9,17H,6,8H2. The molecule has 7 heteroatoms. The van der Waals surface area contributed by atoms with Crippen LogP contribution in [0.3, 0.4) is 0 Å². The highest BCUT2D eigenvalue weighted by atomic mass is 79.9. The molecule has 2 rings (SSSR count). The molecule has 0 atom stereocenters. The first kappa shape index (κ1) is 15.3. The fourth-order valence-corrected chi connectivity index (χ4v) is 3.31. The fraction of sp³-hybridized carbons (Fsp3) is 0.154. The minimum absolute atomic E-state index is 0.0387. The van der Waals surface area contributed by atoms with Gasteiger partial charge in [0.05, 0.1) is 11.4 Å². The number of aromatic nitrogens is 1. The molecule has 0 spiro atoms. The highest BCUT2D eigenvalue weighted by molar-refractivity contribution is 9.10. The normalized spacial score (nSPS) is 11.3. The van der Waals surface area contributed by atoms with Crippen LogP contribution in [0.15, 0.2) is 47.1 Å².